The van der Waals surface area contributed by atoms with Gasteiger partial charge in [-0.25, -0.2) is 0 Å². The molecule has 1 aromatic carbocycles. The topological polar surface area (TPSA) is 32.5 Å². The van der Waals surface area contributed by atoms with Gasteiger partial charge in [0.05, 0.1) is 0 Å². The van der Waals surface area contributed by atoms with E-state index >= 15 is 0 Å². The number of halogens is 1. The maximum absolute atomic E-state index is 6.16. The third-order valence-corrected chi connectivity index (χ3v) is 4.99. The summed E-state index contributed by atoms with van der Waals surface area (Å²) in [6, 6.07) is 6.30. The van der Waals surface area contributed by atoms with Crippen LogP contribution in [-0.4, -0.2) is 44.2 Å². The van der Waals surface area contributed by atoms with Crippen LogP contribution in [0.25, 0.3) is 0 Å². The van der Waals surface area contributed by atoms with Gasteiger partial charge >= 0.3 is 0 Å². The smallest absolute Gasteiger partial charge is 0.0410 e. The summed E-state index contributed by atoms with van der Waals surface area (Å²) in [5.41, 5.74) is 8.80. The predicted octanol–water partition coefficient (Wildman–Crippen LogP) is 3.15. The Morgan fingerprint density at radius 2 is 1.95 bits per heavy atom. The van der Waals surface area contributed by atoms with Gasteiger partial charge in [-0.2, -0.15) is 0 Å². The molecule has 0 aliphatic heterocycles. The van der Waals surface area contributed by atoms with Crippen LogP contribution in [0.15, 0.2) is 18.2 Å². The summed E-state index contributed by atoms with van der Waals surface area (Å²) in [6.45, 7) is 3.09. The quantitative estimate of drug-likeness (QED) is 0.876. The molecule has 0 saturated heterocycles. The Morgan fingerprint density at radius 1 is 1.29 bits per heavy atom. The van der Waals surface area contributed by atoms with Crippen LogP contribution in [-0.2, 0) is 6.42 Å². The molecule has 1 saturated carbocycles. The number of likely N-dealkylation sites (N-methyl/N-ethyl adjacent to an activating group) is 2. The average Bonchev–Trinajstić information content (AvgIpc) is 2.32. The van der Waals surface area contributed by atoms with Gasteiger partial charge in [-0.3, -0.25) is 0 Å². The first kappa shape index (κ1) is 16.6. The van der Waals surface area contributed by atoms with Crippen molar-refractivity contribution in [3.05, 3.63) is 28.8 Å². The Bertz CT molecular complexity index is 481. The van der Waals surface area contributed by atoms with Crippen molar-refractivity contribution in [3.8, 4) is 0 Å². The molecule has 0 spiro atoms. The van der Waals surface area contributed by atoms with Gasteiger partial charge in [0, 0.05) is 35.9 Å². The molecule has 0 amide bonds. The number of benzene rings is 1. The summed E-state index contributed by atoms with van der Waals surface area (Å²) in [7, 11) is 6.56. The normalized spacial score (nSPS) is 18.4. The van der Waals surface area contributed by atoms with Gasteiger partial charge in [0.15, 0.2) is 0 Å². The Labute approximate surface area is 134 Å². The summed E-state index contributed by atoms with van der Waals surface area (Å²) < 4.78 is 0. The number of nitrogens with two attached hydrogens (primary N) is 1. The molecule has 1 unspecified atom stereocenters. The van der Waals surface area contributed by atoms with Gasteiger partial charge < -0.3 is 15.5 Å². The van der Waals surface area contributed by atoms with E-state index in [4.69, 9.17) is 17.3 Å². The van der Waals surface area contributed by atoms with E-state index in [1.54, 1.807) is 0 Å². The van der Waals surface area contributed by atoms with Crippen molar-refractivity contribution in [1.29, 1.82) is 0 Å². The van der Waals surface area contributed by atoms with E-state index in [1.165, 1.54) is 30.5 Å². The minimum atomic E-state index is 0.141. The van der Waals surface area contributed by atoms with Crippen LogP contribution >= 0.6 is 11.6 Å². The number of anilines is 1. The van der Waals surface area contributed by atoms with E-state index in [0.29, 0.717) is 5.54 Å². The second-order valence-electron chi connectivity index (χ2n) is 6.78. The lowest BCUT2D eigenvalue weighted by Gasteiger charge is -2.49. The first-order valence-corrected chi connectivity index (χ1v) is 8.14. The molecule has 0 radical (unpaired) electrons. The van der Waals surface area contributed by atoms with Crippen LogP contribution < -0.4 is 10.6 Å². The standard InChI is InChI=1S/C17H28ClN3/c1-13(19)10-14-11-15(18)6-7-16(14)21(4)12-17(20(2)3)8-5-9-17/h6-7,11,13H,5,8-10,12,19H2,1-4H3. The van der Waals surface area contributed by atoms with Gasteiger partial charge in [0.25, 0.3) is 0 Å². The van der Waals surface area contributed by atoms with Crippen molar-refractivity contribution in [2.24, 2.45) is 5.73 Å². The molecular weight excluding hydrogens is 282 g/mol. The summed E-state index contributed by atoms with van der Waals surface area (Å²) >= 11 is 6.16. The van der Waals surface area contributed by atoms with Crippen molar-refractivity contribution in [1.82, 2.24) is 4.90 Å². The molecule has 2 rings (SSSR count). The molecule has 0 heterocycles. The molecule has 0 aromatic heterocycles. The summed E-state index contributed by atoms with van der Waals surface area (Å²) in [5.74, 6) is 0. The highest BCUT2D eigenvalue weighted by Gasteiger charge is 2.40. The number of nitrogens with zero attached hydrogens (tertiary/aromatic N) is 2. The fourth-order valence-corrected chi connectivity index (χ4v) is 3.49. The van der Waals surface area contributed by atoms with Gasteiger partial charge in [-0.05, 0) is 70.5 Å². The minimum Gasteiger partial charge on any atom is -0.373 e. The maximum atomic E-state index is 6.16. The maximum Gasteiger partial charge on any atom is 0.0410 e. The molecule has 1 aromatic rings. The molecule has 0 bridgehead atoms. The fraction of sp³-hybridized carbons (Fsp3) is 0.647. The Hall–Kier alpha value is -0.770. The Balaban J connectivity index is 2.20. The van der Waals surface area contributed by atoms with E-state index in [-0.39, 0.29) is 6.04 Å². The van der Waals surface area contributed by atoms with Crippen LogP contribution in [0.1, 0.15) is 31.7 Å². The third kappa shape index (κ3) is 3.71. The molecular formula is C17H28ClN3. The third-order valence-electron chi connectivity index (χ3n) is 4.76. The highest BCUT2D eigenvalue weighted by molar-refractivity contribution is 6.30. The van der Waals surface area contributed by atoms with Crippen molar-refractivity contribution < 1.29 is 0 Å². The van der Waals surface area contributed by atoms with Crippen LogP contribution in [0.4, 0.5) is 5.69 Å². The summed E-state index contributed by atoms with van der Waals surface area (Å²) in [5, 5.41) is 0.786. The largest absolute Gasteiger partial charge is 0.373 e. The Morgan fingerprint density at radius 3 is 2.43 bits per heavy atom. The second kappa shape index (κ2) is 6.55. The average molecular weight is 310 g/mol. The molecule has 2 N–H and O–H groups in total. The van der Waals surface area contributed by atoms with E-state index in [1.807, 2.05) is 13.0 Å². The molecule has 21 heavy (non-hydrogen) atoms. The molecule has 1 aliphatic carbocycles. The first-order valence-electron chi connectivity index (χ1n) is 7.77. The zero-order valence-electron chi connectivity index (χ0n) is 13.7. The SMILES string of the molecule is CC(N)Cc1cc(Cl)ccc1N(C)CC1(N(C)C)CCC1. The van der Waals surface area contributed by atoms with Crippen LogP contribution in [0.2, 0.25) is 5.02 Å². The monoisotopic (exact) mass is 309 g/mol. The lowest BCUT2D eigenvalue weighted by Crippen LogP contribution is -2.56. The molecule has 118 valence electrons. The number of rotatable bonds is 6. The molecule has 4 heteroatoms. The van der Waals surface area contributed by atoms with Crippen molar-refractivity contribution in [3.63, 3.8) is 0 Å². The zero-order chi connectivity index (χ0) is 15.6. The van der Waals surface area contributed by atoms with Gasteiger partial charge in [-0.1, -0.05) is 11.6 Å². The highest BCUT2D eigenvalue weighted by Crippen LogP contribution is 2.38. The van der Waals surface area contributed by atoms with Crippen LogP contribution in [0.5, 0.6) is 0 Å². The van der Waals surface area contributed by atoms with E-state index in [0.717, 1.165) is 18.0 Å². The van der Waals surface area contributed by atoms with Crippen LogP contribution in [0.3, 0.4) is 0 Å². The molecule has 3 nitrogen and oxygen atoms in total. The molecule has 1 aliphatic rings. The summed E-state index contributed by atoms with van der Waals surface area (Å²) in [6.07, 6.45) is 4.75. The van der Waals surface area contributed by atoms with Crippen molar-refractivity contribution >= 4 is 17.3 Å². The number of hydrogen-bond acceptors (Lipinski definition) is 3. The minimum absolute atomic E-state index is 0.141. The van der Waals surface area contributed by atoms with Gasteiger partial charge in [0.1, 0.15) is 0 Å². The highest BCUT2D eigenvalue weighted by atomic mass is 35.5. The summed E-state index contributed by atoms with van der Waals surface area (Å²) in [4.78, 5) is 4.75. The molecule has 1 fully saturated rings. The number of hydrogen-bond donors (Lipinski definition) is 1. The Kier molecular flexibility index (Phi) is 5.18. The van der Waals surface area contributed by atoms with E-state index in [2.05, 4.69) is 43.1 Å². The predicted molar refractivity (Wildman–Crippen MR) is 92.3 cm³/mol. The zero-order valence-corrected chi connectivity index (χ0v) is 14.5. The van der Waals surface area contributed by atoms with E-state index in [9.17, 15) is 0 Å². The van der Waals surface area contributed by atoms with Crippen LogP contribution in [0, 0.1) is 0 Å². The van der Waals surface area contributed by atoms with Crippen molar-refractivity contribution in [2.75, 3.05) is 32.6 Å². The molecule has 1 atom stereocenters. The van der Waals surface area contributed by atoms with Crippen molar-refractivity contribution in [2.45, 2.75) is 44.2 Å². The first-order chi connectivity index (χ1) is 9.84. The van der Waals surface area contributed by atoms with E-state index < -0.39 is 0 Å². The van der Waals surface area contributed by atoms with Gasteiger partial charge in [-0.15, -0.1) is 0 Å². The second-order valence-corrected chi connectivity index (χ2v) is 7.22. The van der Waals surface area contributed by atoms with Gasteiger partial charge in [0.2, 0.25) is 0 Å². The lowest BCUT2D eigenvalue weighted by atomic mass is 9.75. The lowest BCUT2D eigenvalue weighted by molar-refractivity contribution is 0.0683. The fourth-order valence-electron chi connectivity index (χ4n) is 3.30.